The van der Waals surface area contributed by atoms with Crippen LogP contribution in [0.3, 0.4) is 0 Å². The monoisotopic (exact) mass is 264 g/mol. The summed E-state index contributed by atoms with van der Waals surface area (Å²) in [6.45, 7) is 9.43. The second-order valence-electron chi connectivity index (χ2n) is 6.08. The summed E-state index contributed by atoms with van der Waals surface area (Å²) in [5.41, 5.74) is 3.05. The smallest absolute Gasteiger partial charge is 0.154 e. The van der Waals surface area contributed by atoms with Gasteiger partial charge < -0.3 is 9.47 Å². The fourth-order valence-corrected chi connectivity index (χ4v) is 1.92. The van der Waals surface area contributed by atoms with E-state index in [1.807, 2.05) is 6.92 Å². The fourth-order valence-electron chi connectivity index (χ4n) is 1.92. The molecule has 0 aliphatic rings. The molecule has 0 spiro atoms. The summed E-state index contributed by atoms with van der Waals surface area (Å²) < 4.78 is 10.5. The lowest BCUT2D eigenvalue weighted by Gasteiger charge is -2.19. The quantitative estimate of drug-likeness (QED) is 0.539. The number of unbranched alkanes of at least 4 members (excludes halogenated alkanes) is 1. The number of benzene rings is 1. The van der Waals surface area contributed by atoms with Crippen molar-refractivity contribution in [1.82, 2.24) is 0 Å². The molecule has 0 bridgehead atoms. The second kappa shape index (κ2) is 7.66. The standard InChI is InChI=1S/C17H28O2/c1-14(18-5)19-13-7-6-8-15-9-11-16(12-10-15)17(2,3)4/h9-12,14H,6-8,13H2,1-5H3. The van der Waals surface area contributed by atoms with Crippen LogP contribution in [-0.2, 0) is 21.3 Å². The molecule has 19 heavy (non-hydrogen) atoms. The Morgan fingerprint density at radius 1 is 1.05 bits per heavy atom. The number of aryl methyl sites for hydroxylation is 1. The van der Waals surface area contributed by atoms with Crippen molar-refractivity contribution in [2.75, 3.05) is 13.7 Å². The molecule has 0 radical (unpaired) electrons. The summed E-state index contributed by atoms with van der Waals surface area (Å²) >= 11 is 0. The summed E-state index contributed by atoms with van der Waals surface area (Å²) in [5.74, 6) is 0. The van der Waals surface area contributed by atoms with Gasteiger partial charge in [0.1, 0.15) is 0 Å². The van der Waals surface area contributed by atoms with Crippen molar-refractivity contribution in [3.8, 4) is 0 Å². The Bertz CT molecular complexity index is 349. The van der Waals surface area contributed by atoms with Crippen LogP contribution in [0.5, 0.6) is 0 Å². The third-order valence-electron chi connectivity index (χ3n) is 3.36. The van der Waals surface area contributed by atoms with Gasteiger partial charge in [0.05, 0.1) is 0 Å². The van der Waals surface area contributed by atoms with Gasteiger partial charge in [0, 0.05) is 13.7 Å². The minimum atomic E-state index is -0.0916. The maximum Gasteiger partial charge on any atom is 0.154 e. The Labute approximate surface area is 118 Å². The molecule has 1 atom stereocenters. The van der Waals surface area contributed by atoms with Gasteiger partial charge in [-0.15, -0.1) is 0 Å². The first-order chi connectivity index (χ1) is 8.93. The highest BCUT2D eigenvalue weighted by Gasteiger charge is 2.12. The van der Waals surface area contributed by atoms with E-state index in [0.717, 1.165) is 25.9 Å². The largest absolute Gasteiger partial charge is 0.356 e. The molecular formula is C17H28O2. The van der Waals surface area contributed by atoms with Crippen LogP contribution in [0.2, 0.25) is 0 Å². The number of methoxy groups -OCH3 is 1. The first-order valence-electron chi connectivity index (χ1n) is 7.17. The van der Waals surface area contributed by atoms with Crippen molar-refractivity contribution >= 4 is 0 Å². The Hall–Kier alpha value is -0.860. The predicted octanol–water partition coefficient (Wildman–Crippen LogP) is 4.32. The van der Waals surface area contributed by atoms with Crippen LogP contribution in [0.1, 0.15) is 51.7 Å². The van der Waals surface area contributed by atoms with E-state index in [1.165, 1.54) is 11.1 Å². The van der Waals surface area contributed by atoms with Gasteiger partial charge in [-0.2, -0.15) is 0 Å². The van der Waals surface area contributed by atoms with E-state index in [1.54, 1.807) is 7.11 Å². The average molecular weight is 264 g/mol. The van der Waals surface area contributed by atoms with E-state index in [4.69, 9.17) is 9.47 Å². The number of hydrogen-bond donors (Lipinski definition) is 0. The van der Waals surface area contributed by atoms with E-state index in [-0.39, 0.29) is 11.7 Å². The molecule has 0 N–H and O–H groups in total. The predicted molar refractivity (Wildman–Crippen MR) is 80.5 cm³/mol. The van der Waals surface area contributed by atoms with Crippen LogP contribution in [0.25, 0.3) is 0 Å². The Morgan fingerprint density at radius 2 is 1.68 bits per heavy atom. The normalized spacial score (nSPS) is 13.5. The van der Waals surface area contributed by atoms with Crippen molar-refractivity contribution in [3.63, 3.8) is 0 Å². The van der Waals surface area contributed by atoms with Gasteiger partial charge in [0.2, 0.25) is 0 Å². The second-order valence-corrected chi connectivity index (χ2v) is 6.08. The molecule has 0 aromatic heterocycles. The molecule has 2 nitrogen and oxygen atoms in total. The Morgan fingerprint density at radius 3 is 2.21 bits per heavy atom. The molecule has 0 fully saturated rings. The van der Waals surface area contributed by atoms with Crippen molar-refractivity contribution in [1.29, 1.82) is 0 Å². The number of rotatable bonds is 7. The lowest BCUT2D eigenvalue weighted by molar-refractivity contribution is -0.111. The molecule has 1 aromatic rings. The maximum absolute atomic E-state index is 5.47. The van der Waals surface area contributed by atoms with E-state index in [2.05, 4.69) is 45.0 Å². The molecule has 1 rings (SSSR count). The molecule has 0 saturated heterocycles. The molecular weight excluding hydrogens is 236 g/mol. The first kappa shape index (κ1) is 16.2. The van der Waals surface area contributed by atoms with Crippen molar-refractivity contribution in [2.24, 2.45) is 0 Å². The molecule has 0 aliphatic carbocycles. The van der Waals surface area contributed by atoms with E-state index < -0.39 is 0 Å². The summed E-state index contributed by atoms with van der Waals surface area (Å²) in [6.07, 6.45) is 3.26. The Kier molecular flexibility index (Phi) is 6.53. The molecule has 0 heterocycles. The summed E-state index contributed by atoms with van der Waals surface area (Å²) in [5, 5.41) is 0. The van der Waals surface area contributed by atoms with E-state index >= 15 is 0 Å². The Balaban J connectivity index is 2.27. The van der Waals surface area contributed by atoms with Gasteiger partial charge in [0.15, 0.2) is 6.29 Å². The molecule has 0 aliphatic heterocycles. The molecule has 108 valence electrons. The molecule has 2 heteroatoms. The molecule has 1 aromatic carbocycles. The van der Waals surface area contributed by atoms with Crippen molar-refractivity contribution in [2.45, 2.75) is 58.7 Å². The van der Waals surface area contributed by atoms with Crippen LogP contribution in [-0.4, -0.2) is 20.0 Å². The zero-order chi connectivity index (χ0) is 14.3. The maximum atomic E-state index is 5.47. The third kappa shape index (κ3) is 6.22. The summed E-state index contributed by atoms with van der Waals surface area (Å²) in [6, 6.07) is 9.00. The highest BCUT2D eigenvalue weighted by Crippen LogP contribution is 2.22. The number of ether oxygens (including phenoxy) is 2. The molecule has 0 saturated carbocycles. The van der Waals surface area contributed by atoms with Crippen LogP contribution < -0.4 is 0 Å². The minimum Gasteiger partial charge on any atom is -0.356 e. The molecule has 1 unspecified atom stereocenters. The zero-order valence-corrected chi connectivity index (χ0v) is 13.0. The third-order valence-corrected chi connectivity index (χ3v) is 3.36. The highest BCUT2D eigenvalue weighted by atomic mass is 16.7. The van der Waals surface area contributed by atoms with Crippen LogP contribution in [0.4, 0.5) is 0 Å². The lowest BCUT2D eigenvalue weighted by atomic mass is 9.86. The average Bonchev–Trinajstić information content (AvgIpc) is 2.37. The highest BCUT2D eigenvalue weighted by molar-refractivity contribution is 5.27. The van der Waals surface area contributed by atoms with Gasteiger partial charge in [0.25, 0.3) is 0 Å². The van der Waals surface area contributed by atoms with Crippen molar-refractivity contribution in [3.05, 3.63) is 35.4 Å². The fraction of sp³-hybridized carbons (Fsp3) is 0.647. The van der Waals surface area contributed by atoms with Gasteiger partial charge in [-0.25, -0.2) is 0 Å². The van der Waals surface area contributed by atoms with E-state index in [9.17, 15) is 0 Å². The summed E-state index contributed by atoms with van der Waals surface area (Å²) in [4.78, 5) is 0. The van der Waals surface area contributed by atoms with Gasteiger partial charge in [-0.05, 0) is 42.7 Å². The first-order valence-corrected chi connectivity index (χ1v) is 7.17. The topological polar surface area (TPSA) is 18.5 Å². The number of hydrogen-bond acceptors (Lipinski definition) is 2. The van der Waals surface area contributed by atoms with Crippen LogP contribution >= 0.6 is 0 Å². The van der Waals surface area contributed by atoms with Crippen LogP contribution in [0, 0.1) is 0 Å². The molecule has 0 amide bonds. The van der Waals surface area contributed by atoms with Gasteiger partial charge in [-0.1, -0.05) is 45.0 Å². The SMILES string of the molecule is COC(C)OCCCCc1ccc(C(C)(C)C)cc1. The van der Waals surface area contributed by atoms with E-state index in [0.29, 0.717) is 0 Å². The van der Waals surface area contributed by atoms with Gasteiger partial charge >= 0.3 is 0 Å². The zero-order valence-electron chi connectivity index (χ0n) is 13.0. The van der Waals surface area contributed by atoms with Crippen LogP contribution in [0.15, 0.2) is 24.3 Å². The van der Waals surface area contributed by atoms with Gasteiger partial charge in [-0.3, -0.25) is 0 Å². The lowest BCUT2D eigenvalue weighted by Crippen LogP contribution is -2.11. The minimum absolute atomic E-state index is 0.0916. The summed E-state index contributed by atoms with van der Waals surface area (Å²) in [7, 11) is 1.67. The van der Waals surface area contributed by atoms with Crippen molar-refractivity contribution < 1.29 is 9.47 Å².